The molecule has 0 bridgehead atoms. The third-order valence-electron chi connectivity index (χ3n) is 4.46. The number of benzene rings is 1. The van der Waals surface area contributed by atoms with Gasteiger partial charge in [0.15, 0.2) is 0 Å². The van der Waals surface area contributed by atoms with Crippen molar-refractivity contribution in [3.63, 3.8) is 0 Å². The normalized spacial score (nSPS) is 24.2. The van der Waals surface area contributed by atoms with E-state index < -0.39 is 5.60 Å². The molecule has 0 radical (unpaired) electrons. The Morgan fingerprint density at radius 2 is 1.74 bits per heavy atom. The Labute approximate surface area is 138 Å². The maximum absolute atomic E-state index is 11.9. The first-order chi connectivity index (χ1) is 11.1. The minimum Gasteiger partial charge on any atom is -0.494 e. The fourth-order valence-electron chi connectivity index (χ4n) is 3.02. The molecule has 0 spiro atoms. The van der Waals surface area contributed by atoms with E-state index in [0.29, 0.717) is 38.9 Å². The number of carbonyl (C=O) groups excluding carboxylic acids is 1. The fraction of sp³-hybridized carbons (Fsp3) is 0.632. The van der Waals surface area contributed by atoms with Crippen molar-refractivity contribution in [2.24, 2.45) is 5.92 Å². The highest BCUT2D eigenvalue weighted by atomic mass is 16.5. The first kappa shape index (κ1) is 17.8. The van der Waals surface area contributed by atoms with E-state index in [9.17, 15) is 9.90 Å². The molecule has 0 aromatic heterocycles. The molecule has 1 aromatic rings. The van der Waals surface area contributed by atoms with Gasteiger partial charge in [0.2, 0.25) is 0 Å². The topological polar surface area (TPSA) is 55.8 Å². The zero-order chi connectivity index (χ0) is 16.7. The van der Waals surface area contributed by atoms with Crippen LogP contribution in [0.15, 0.2) is 24.3 Å². The smallest absolute Gasteiger partial charge is 0.308 e. The molecular formula is C19H28O4. The van der Waals surface area contributed by atoms with E-state index in [2.05, 4.69) is 6.92 Å². The van der Waals surface area contributed by atoms with Crippen LogP contribution in [0.25, 0.3) is 0 Å². The van der Waals surface area contributed by atoms with Crippen molar-refractivity contribution < 1.29 is 19.4 Å². The maximum atomic E-state index is 11.9. The van der Waals surface area contributed by atoms with E-state index in [1.165, 1.54) is 0 Å². The van der Waals surface area contributed by atoms with Crippen molar-refractivity contribution in [2.75, 3.05) is 13.2 Å². The van der Waals surface area contributed by atoms with Gasteiger partial charge in [-0.15, -0.1) is 0 Å². The van der Waals surface area contributed by atoms with Crippen LogP contribution in [0, 0.1) is 5.92 Å². The highest BCUT2D eigenvalue weighted by Gasteiger charge is 2.37. The third-order valence-corrected chi connectivity index (χ3v) is 4.46. The van der Waals surface area contributed by atoms with Crippen LogP contribution in [0.4, 0.5) is 0 Å². The van der Waals surface area contributed by atoms with Gasteiger partial charge in [-0.1, -0.05) is 26.0 Å². The second-order valence-corrected chi connectivity index (χ2v) is 6.35. The quantitative estimate of drug-likeness (QED) is 0.776. The lowest BCUT2D eigenvalue weighted by Crippen LogP contribution is -2.34. The predicted octanol–water partition coefficient (Wildman–Crippen LogP) is 3.81. The van der Waals surface area contributed by atoms with Crippen molar-refractivity contribution >= 4 is 5.97 Å². The number of carbonyl (C=O) groups is 1. The minimum atomic E-state index is -0.842. The first-order valence-electron chi connectivity index (χ1n) is 8.71. The molecule has 0 amide bonds. The minimum absolute atomic E-state index is 0.0750. The maximum Gasteiger partial charge on any atom is 0.308 e. The summed E-state index contributed by atoms with van der Waals surface area (Å²) in [6.07, 6.45) is 4.35. The van der Waals surface area contributed by atoms with Gasteiger partial charge in [0, 0.05) is 0 Å². The monoisotopic (exact) mass is 320 g/mol. The molecule has 128 valence electrons. The third kappa shape index (κ3) is 4.71. The van der Waals surface area contributed by atoms with Gasteiger partial charge in [-0.3, -0.25) is 4.79 Å². The number of rotatable bonds is 7. The van der Waals surface area contributed by atoms with E-state index in [4.69, 9.17) is 9.47 Å². The average molecular weight is 320 g/mol. The Balaban J connectivity index is 1.92. The number of hydrogen-bond acceptors (Lipinski definition) is 4. The number of esters is 1. The van der Waals surface area contributed by atoms with Crippen molar-refractivity contribution in [1.82, 2.24) is 0 Å². The van der Waals surface area contributed by atoms with Crippen molar-refractivity contribution in [1.29, 1.82) is 0 Å². The van der Waals surface area contributed by atoms with E-state index in [1.54, 1.807) is 0 Å². The van der Waals surface area contributed by atoms with Crippen LogP contribution >= 0.6 is 0 Å². The summed E-state index contributed by atoms with van der Waals surface area (Å²) in [5.74, 6) is 0.641. The lowest BCUT2D eigenvalue weighted by Gasteiger charge is -2.35. The fourth-order valence-corrected chi connectivity index (χ4v) is 3.02. The van der Waals surface area contributed by atoms with Crippen molar-refractivity contribution in [2.45, 2.75) is 58.0 Å². The SMILES string of the molecule is CCCOC(=O)C1CCC(O)(c2ccc(OCCC)cc2)CC1. The lowest BCUT2D eigenvalue weighted by molar-refractivity contribution is -0.151. The molecule has 0 saturated heterocycles. The zero-order valence-electron chi connectivity index (χ0n) is 14.2. The Morgan fingerprint density at radius 1 is 1.13 bits per heavy atom. The average Bonchev–Trinajstić information content (AvgIpc) is 2.59. The Bertz CT molecular complexity index is 487. The van der Waals surface area contributed by atoms with Crippen LogP contribution in [0.2, 0.25) is 0 Å². The Hall–Kier alpha value is -1.55. The van der Waals surface area contributed by atoms with Crippen molar-refractivity contribution in [3.8, 4) is 5.75 Å². The molecule has 4 heteroatoms. The highest BCUT2D eigenvalue weighted by Crippen LogP contribution is 2.40. The van der Waals surface area contributed by atoms with Crippen LogP contribution in [0.3, 0.4) is 0 Å². The van der Waals surface area contributed by atoms with Crippen LogP contribution in [0.1, 0.15) is 57.9 Å². The molecule has 1 aliphatic carbocycles. The summed E-state index contributed by atoms with van der Waals surface area (Å²) in [6, 6.07) is 7.68. The van der Waals surface area contributed by atoms with Gasteiger partial charge in [0.1, 0.15) is 5.75 Å². The molecular weight excluding hydrogens is 292 g/mol. The van der Waals surface area contributed by atoms with Gasteiger partial charge in [0.25, 0.3) is 0 Å². The summed E-state index contributed by atoms with van der Waals surface area (Å²) in [4.78, 5) is 11.9. The summed E-state index contributed by atoms with van der Waals surface area (Å²) < 4.78 is 10.8. The number of ether oxygens (including phenoxy) is 2. The molecule has 1 saturated carbocycles. The Kier molecular flexibility index (Phi) is 6.46. The summed E-state index contributed by atoms with van der Waals surface area (Å²) in [5.41, 5.74) is 0.0619. The highest BCUT2D eigenvalue weighted by molar-refractivity contribution is 5.72. The molecule has 0 heterocycles. The molecule has 0 unspecified atom stereocenters. The lowest BCUT2D eigenvalue weighted by atomic mass is 9.75. The number of hydrogen-bond donors (Lipinski definition) is 1. The van der Waals surface area contributed by atoms with Gasteiger partial charge in [-0.2, -0.15) is 0 Å². The summed E-state index contributed by atoms with van der Waals surface area (Å²) >= 11 is 0. The molecule has 1 aromatic carbocycles. The summed E-state index contributed by atoms with van der Waals surface area (Å²) in [5, 5.41) is 10.9. The molecule has 0 atom stereocenters. The molecule has 0 aliphatic heterocycles. The standard InChI is InChI=1S/C19H28O4/c1-3-13-22-17-7-5-16(6-8-17)19(21)11-9-15(10-12-19)18(20)23-14-4-2/h5-8,15,21H,3-4,9-14H2,1-2H3. The largest absolute Gasteiger partial charge is 0.494 e. The predicted molar refractivity (Wildman–Crippen MR) is 89.3 cm³/mol. The van der Waals surface area contributed by atoms with Gasteiger partial charge >= 0.3 is 5.97 Å². The molecule has 2 rings (SSSR count). The van der Waals surface area contributed by atoms with Crippen LogP contribution < -0.4 is 4.74 Å². The van der Waals surface area contributed by atoms with Gasteiger partial charge in [-0.05, 0) is 56.2 Å². The molecule has 4 nitrogen and oxygen atoms in total. The summed E-state index contributed by atoms with van der Waals surface area (Å²) in [7, 11) is 0. The van der Waals surface area contributed by atoms with Gasteiger partial charge in [0.05, 0.1) is 24.7 Å². The molecule has 23 heavy (non-hydrogen) atoms. The second-order valence-electron chi connectivity index (χ2n) is 6.35. The van der Waals surface area contributed by atoms with Gasteiger partial charge in [-0.25, -0.2) is 0 Å². The van der Waals surface area contributed by atoms with E-state index in [-0.39, 0.29) is 11.9 Å². The zero-order valence-corrected chi connectivity index (χ0v) is 14.2. The first-order valence-corrected chi connectivity index (χ1v) is 8.71. The van der Waals surface area contributed by atoms with Crippen LogP contribution in [0.5, 0.6) is 5.75 Å². The van der Waals surface area contributed by atoms with Crippen molar-refractivity contribution in [3.05, 3.63) is 29.8 Å². The molecule has 1 aliphatic rings. The van der Waals surface area contributed by atoms with E-state index >= 15 is 0 Å². The van der Waals surface area contributed by atoms with Crippen LogP contribution in [-0.2, 0) is 15.1 Å². The van der Waals surface area contributed by atoms with Gasteiger partial charge < -0.3 is 14.6 Å². The van der Waals surface area contributed by atoms with E-state index in [1.807, 2.05) is 31.2 Å². The Morgan fingerprint density at radius 3 is 2.30 bits per heavy atom. The summed E-state index contributed by atoms with van der Waals surface area (Å²) in [6.45, 7) is 5.24. The second kappa shape index (κ2) is 8.34. The molecule has 1 N–H and O–H groups in total. The van der Waals surface area contributed by atoms with E-state index in [0.717, 1.165) is 24.2 Å². The van der Waals surface area contributed by atoms with Crippen LogP contribution in [-0.4, -0.2) is 24.3 Å². The number of aliphatic hydroxyl groups is 1. The molecule has 1 fully saturated rings.